The summed E-state index contributed by atoms with van der Waals surface area (Å²) in [5.41, 5.74) is 0.819. The Kier molecular flexibility index (Phi) is 3.13. The first-order chi connectivity index (χ1) is 5.74. The highest BCUT2D eigenvalue weighted by molar-refractivity contribution is 6.11. The number of allylic oxidation sites excluding steroid dienone is 1. The maximum Gasteiger partial charge on any atom is 0.114 e. The van der Waals surface area contributed by atoms with Gasteiger partial charge in [-0.3, -0.25) is 0 Å². The predicted molar refractivity (Wildman–Crippen MR) is 46.0 cm³/mol. The van der Waals surface area contributed by atoms with Crippen LogP contribution in [0, 0.1) is 10.8 Å². The highest BCUT2D eigenvalue weighted by atomic mass is 16.5. The minimum atomic E-state index is -0.341. The minimum Gasteiger partial charge on any atom is -0.394 e. The fourth-order valence-corrected chi connectivity index (χ4v) is 1.02. The van der Waals surface area contributed by atoms with Gasteiger partial charge in [0.05, 0.1) is 13.2 Å². The van der Waals surface area contributed by atoms with Gasteiger partial charge in [-0.2, -0.15) is 0 Å². The van der Waals surface area contributed by atoms with Gasteiger partial charge in [-0.05, 0) is 12.2 Å². The molecular formula is C8H12N2O2. The van der Waals surface area contributed by atoms with Crippen molar-refractivity contribution in [2.24, 2.45) is 0 Å². The Morgan fingerprint density at radius 3 is 2.92 bits per heavy atom. The molecule has 4 heteroatoms. The lowest BCUT2D eigenvalue weighted by Crippen LogP contribution is -2.28. The monoisotopic (exact) mass is 168 g/mol. The molecule has 0 bridgehead atoms. The third-order valence-corrected chi connectivity index (χ3v) is 1.59. The van der Waals surface area contributed by atoms with Crippen LogP contribution in [-0.4, -0.2) is 35.8 Å². The normalized spacial score (nSPS) is 23.2. The maximum absolute atomic E-state index is 8.47. The van der Waals surface area contributed by atoms with Crippen molar-refractivity contribution >= 4 is 11.4 Å². The molecule has 1 atom stereocenters. The van der Waals surface area contributed by atoms with Crippen LogP contribution in [0.4, 0.5) is 0 Å². The van der Waals surface area contributed by atoms with E-state index >= 15 is 0 Å². The summed E-state index contributed by atoms with van der Waals surface area (Å²) >= 11 is 0. The molecule has 0 amide bonds. The van der Waals surface area contributed by atoms with E-state index in [4.69, 9.17) is 20.7 Å². The molecule has 3 N–H and O–H groups in total. The van der Waals surface area contributed by atoms with Crippen LogP contribution in [0.5, 0.6) is 0 Å². The predicted octanol–water partition coefficient (Wildman–Crippen LogP) is 0.363. The fraction of sp³-hybridized carbons (Fsp3) is 0.500. The first-order valence-corrected chi connectivity index (χ1v) is 3.79. The largest absolute Gasteiger partial charge is 0.394 e. The van der Waals surface area contributed by atoms with Crippen molar-refractivity contribution in [3.63, 3.8) is 0 Å². The van der Waals surface area contributed by atoms with Crippen molar-refractivity contribution in [2.45, 2.75) is 12.5 Å². The second-order valence-corrected chi connectivity index (χ2v) is 2.60. The topological polar surface area (TPSA) is 77.2 Å². The number of hydrogen-bond donors (Lipinski definition) is 3. The van der Waals surface area contributed by atoms with Crippen LogP contribution in [0.15, 0.2) is 12.2 Å². The minimum absolute atomic E-state index is 0.0327. The molecule has 0 spiro atoms. The van der Waals surface area contributed by atoms with Gasteiger partial charge in [0.2, 0.25) is 0 Å². The van der Waals surface area contributed by atoms with Crippen molar-refractivity contribution in [3.8, 4) is 0 Å². The Morgan fingerprint density at radius 2 is 2.33 bits per heavy atom. The molecule has 0 fully saturated rings. The quantitative estimate of drug-likeness (QED) is 0.569. The van der Waals surface area contributed by atoms with Gasteiger partial charge in [0.25, 0.3) is 0 Å². The summed E-state index contributed by atoms with van der Waals surface area (Å²) in [6.07, 6.45) is 3.32. The smallest absolute Gasteiger partial charge is 0.114 e. The summed E-state index contributed by atoms with van der Waals surface area (Å²) < 4.78 is 5.13. The molecule has 12 heavy (non-hydrogen) atoms. The van der Waals surface area contributed by atoms with E-state index in [0.717, 1.165) is 0 Å². The van der Waals surface area contributed by atoms with E-state index in [9.17, 15) is 0 Å². The van der Waals surface area contributed by atoms with Crippen LogP contribution >= 0.6 is 0 Å². The number of ether oxygens (including phenoxy) is 1. The zero-order valence-electron chi connectivity index (χ0n) is 6.71. The average molecular weight is 168 g/mol. The van der Waals surface area contributed by atoms with Gasteiger partial charge in [-0.15, -0.1) is 0 Å². The van der Waals surface area contributed by atoms with Crippen LogP contribution in [0.25, 0.3) is 0 Å². The van der Waals surface area contributed by atoms with E-state index in [2.05, 4.69) is 0 Å². The Bertz CT molecular complexity index is 223. The lowest BCUT2D eigenvalue weighted by Gasteiger charge is -2.18. The van der Waals surface area contributed by atoms with Gasteiger partial charge in [-0.1, -0.05) is 0 Å². The van der Waals surface area contributed by atoms with Crippen LogP contribution in [0.1, 0.15) is 6.42 Å². The van der Waals surface area contributed by atoms with E-state index in [1.807, 2.05) is 0 Å². The van der Waals surface area contributed by atoms with Gasteiger partial charge in [0.1, 0.15) is 6.10 Å². The highest BCUT2D eigenvalue weighted by Gasteiger charge is 2.16. The number of aliphatic hydroxyl groups excluding tert-OH is 1. The third-order valence-electron chi connectivity index (χ3n) is 1.59. The second kappa shape index (κ2) is 4.13. The van der Waals surface area contributed by atoms with Crippen molar-refractivity contribution in [1.29, 1.82) is 10.8 Å². The van der Waals surface area contributed by atoms with Gasteiger partial charge in [-0.25, -0.2) is 0 Å². The molecule has 0 heterocycles. The van der Waals surface area contributed by atoms with Gasteiger partial charge in [0, 0.05) is 17.8 Å². The molecule has 1 unspecified atom stereocenters. The van der Waals surface area contributed by atoms with E-state index < -0.39 is 0 Å². The lowest BCUT2D eigenvalue weighted by atomic mass is 10.0. The molecule has 0 aromatic rings. The molecule has 0 aromatic heterocycles. The van der Waals surface area contributed by atoms with Gasteiger partial charge >= 0.3 is 0 Å². The average Bonchev–Trinajstić information content (AvgIpc) is 2.03. The van der Waals surface area contributed by atoms with Crippen LogP contribution in [0.2, 0.25) is 0 Å². The standard InChI is InChI=1S/C8H12N2O2/c9-6-1-2-8(7(10)5-6)12-4-3-11/h1-2,8-11H,3-5H2. The Balaban J connectivity index is 2.48. The molecule has 0 saturated carbocycles. The van der Waals surface area contributed by atoms with Crippen LogP contribution < -0.4 is 0 Å². The molecule has 0 radical (unpaired) electrons. The first-order valence-electron chi connectivity index (χ1n) is 3.79. The molecule has 66 valence electrons. The zero-order valence-corrected chi connectivity index (χ0v) is 6.71. The van der Waals surface area contributed by atoms with Crippen molar-refractivity contribution in [2.75, 3.05) is 13.2 Å². The summed E-state index contributed by atoms with van der Waals surface area (Å²) in [6, 6.07) is 0. The van der Waals surface area contributed by atoms with E-state index in [0.29, 0.717) is 17.8 Å². The van der Waals surface area contributed by atoms with Crippen LogP contribution in [-0.2, 0) is 4.74 Å². The van der Waals surface area contributed by atoms with Crippen LogP contribution in [0.3, 0.4) is 0 Å². The maximum atomic E-state index is 8.47. The Morgan fingerprint density at radius 1 is 1.58 bits per heavy atom. The van der Waals surface area contributed by atoms with E-state index in [-0.39, 0.29) is 19.3 Å². The number of nitrogens with one attached hydrogen (secondary N) is 2. The molecule has 1 rings (SSSR count). The summed E-state index contributed by atoms with van der Waals surface area (Å²) in [5.74, 6) is 0. The molecule has 1 aliphatic carbocycles. The summed E-state index contributed by atoms with van der Waals surface area (Å²) in [7, 11) is 0. The fourth-order valence-electron chi connectivity index (χ4n) is 1.02. The number of rotatable bonds is 3. The lowest BCUT2D eigenvalue weighted by molar-refractivity contribution is 0.0850. The molecule has 0 aliphatic heterocycles. The summed E-state index contributed by atoms with van der Waals surface area (Å²) in [6.45, 7) is 0.208. The van der Waals surface area contributed by atoms with E-state index in [1.54, 1.807) is 12.2 Å². The van der Waals surface area contributed by atoms with Crippen molar-refractivity contribution < 1.29 is 9.84 Å². The molecular weight excluding hydrogens is 156 g/mol. The van der Waals surface area contributed by atoms with Gasteiger partial charge < -0.3 is 20.7 Å². The molecule has 0 aromatic carbocycles. The van der Waals surface area contributed by atoms with Gasteiger partial charge in [0.15, 0.2) is 0 Å². The van der Waals surface area contributed by atoms with Crippen molar-refractivity contribution in [1.82, 2.24) is 0 Å². The second-order valence-electron chi connectivity index (χ2n) is 2.60. The number of aliphatic hydroxyl groups is 1. The summed E-state index contributed by atoms with van der Waals surface area (Å²) in [5, 5.41) is 23.2. The van der Waals surface area contributed by atoms with E-state index in [1.165, 1.54) is 0 Å². The Hall–Kier alpha value is -1.00. The SMILES string of the molecule is N=C1C=CC(OCCO)C(=N)C1. The zero-order chi connectivity index (χ0) is 8.97. The Labute approximate surface area is 70.9 Å². The first kappa shape index (κ1) is 9.09. The summed E-state index contributed by atoms with van der Waals surface area (Å²) in [4.78, 5) is 0. The molecule has 1 aliphatic rings. The van der Waals surface area contributed by atoms with Crippen molar-refractivity contribution in [3.05, 3.63) is 12.2 Å². The molecule has 0 saturated heterocycles. The number of hydrogen-bond acceptors (Lipinski definition) is 4. The highest BCUT2D eigenvalue weighted by Crippen LogP contribution is 2.07. The third kappa shape index (κ3) is 2.25. The molecule has 4 nitrogen and oxygen atoms in total.